The van der Waals surface area contributed by atoms with Crippen LogP contribution in [0.1, 0.15) is 54.4 Å². The first-order valence-corrected chi connectivity index (χ1v) is 12.5. The van der Waals surface area contributed by atoms with Crippen molar-refractivity contribution in [1.82, 2.24) is 4.90 Å². The summed E-state index contributed by atoms with van der Waals surface area (Å²) in [4.78, 5) is 26.7. The molecule has 6 heteroatoms. The molecule has 1 saturated carbocycles. The van der Waals surface area contributed by atoms with Crippen LogP contribution in [0.15, 0.2) is 11.6 Å². The highest BCUT2D eigenvalue weighted by Gasteiger charge is 2.42. The van der Waals surface area contributed by atoms with Crippen molar-refractivity contribution in [2.75, 3.05) is 13.2 Å². The lowest BCUT2D eigenvalue weighted by Gasteiger charge is -2.40. The summed E-state index contributed by atoms with van der Waals surface area (Å²) in [6.45, 7) is 17.0. The zero-order valence-corrected chi connectivity index (χ0v) is 18.6. The summed E-state index contributed by atoms with van der Waals surface area (Å²) in [7, 11) is -1.94. The SMILES string of the molecule is CC(C)(C)OC(=O)N1CC(=O)C(C2CC2)=C[C@H]1CO[Si](C)(C)C(C)(C)C. The third kappa shape index (κ3) is 5.19. The number of nitrogens with zero attached hydrogens (tertiary/aromatic N) is 1. The van der Waals surface area contributed by atoms with Crippen LogP contribution in [0.3, 0.4) is 0 Å². The number of hydrogen-bond acceptors (Lipinski definition) is 4. The lowest BCUT2D eigenvalue weighted by Crippen LogP contribution is -2.52. The average molecular weight is 382 g/mol. The first kappa shape index (κ1) is 21.2. The average Bonchev–Trinajstić information content (AvgIpc) is 3.27. The molecule has 1 aliphatic heterocycles. The van der Waals surface area contributed by atoms with E-state index in [1.807, 2.05) is 26.8 Å². The van der Waals surface area contributed by atoms with Crippen LogP contribution in [0.4, 0.5) is 4.79 Å². The molecule has 148 valence electrons. The van der Waals surface area contributed by atoms with Gasteiger partial charge >= 0.3 is 6.09 Å². The fourth-order valence-electron chi connectivity index (χ4n) is 2.68. The van der Waals surface area contributed by atoms with Gasteiger partial charge in [-0.1, -0.05) is 26.8 Å². The van der Waals surface area contributed by atoms with Gasteiger partial charge in [0, 0.05) is 0 Å². The standard InChI is InChI=1S/C20H35NO4Si/c1-19(2,3)25-18(23)21-12-17(22)16(14-9-10-14)11-15(21)13-24-26(7,8)20(4,5)6/h11,14-15H,9-10,12-13H2,1-8H3/t15-/m0/s1. The number of carbonyl (C=O) groups excluding carboxylic acids is 2. The molecule has 0 N–H and O–H groups in total. The van der Waals surface area contributed by atoms with Crippen LogP contribution in [0, 0.1) is 5.92 Å². The van der Waals surface area contributed by atoms with Gasteiger partial charge in [0.15, 0.2) is 14.1 Å². The van der Waals surface area contributed by atoms with Gasteiger partial charge in [-0.15, -0.1) is 0 Å². The van der Waals surface area contributed by atoms with E-state index in [9.17, 15) is 9.59 Å². The highest BCUT2D eigenvalue weighted by Crippen LogP contribution is 2.40. The maximum Gasteiger partial charge on any atom is 0.411 e. The van der Waals surface area contributed by atoms with Crippen LogP contribution in [0.5, 0.6) is 0 Å². The second-order valence-corrected chi connectivity index (χ2v) is 14.9. The monoisotopic (exact) mass is 381 g/mol. The zero-order valence-electron chi connectivity index (χ0n) is 17.6. The van der Waals surface area contributed by atoms with E-state index in [1.165, 1.54) is 4.90 Å². The van der Waals surface area contributed by atoms with Crippen LogP contribution < -0.4 is 0 Å². The van der Waals surface area contributed by atoms with E-state index >= 15 is 0 Å². The van der Waals surface area contributed by atoms with Gasteiger partial charge in [-0.2, -0.15) is 0 Å². The summed E-state index contributed by atoms with van der Waals surface area (Å²) in [6.07, 6.45) is 3.65. The van der Waals surface area contributed by atoms with Gasteiger partial charge in [0.2, 0.25) is 0 Å². The van der Waals surface area contributed by atoms with E-state index in [2.05, 4.69) is 33.9 Å². The second kappa shape index (κ2) is 7.11. The van der Waals surface area contributed by atoms with Crippen molar-refractivity contribution in [2.45, 2.75) is 84.2 Å². The molecule has 0 radical (unpaired) electrons. The summed E-state index contributed by atoms with van der Waals surface area (Å²) < 4.78 is 11.9. The van der Waals surface area contributed by atoms with E-state index in [0.717, 1.165) is 18.4 Å². The van der Waals surface area contributed by atoms with Crippen molar-refractivity contribution in [1.29, 1.82) is 0 Å². The van der Waals surface area contributed by atoms with E-state index in [0.29, 0.717) is 12.5 Å². The molecule has 0 bridgehead atoms. The van der Waals surface area contributed by atoms with Crippen LogP contribution >= 0.6 is 0 Å². The maximum atomic E-state index is 12.7. The van der Waals surface area contributed by atoms with E-state index in [1.54, 1.807) is 0 Å². The number of ketones is 1. The van der Waals surface area contributed by atoms with Crippen molar-refractivity contribution in [2.24, 2.45) is 5.92 Å². The van der Waals surface area contributed by atoms with Gasteiger partial charge in [0.1, 0.15) is 5.60 Å². The molecule has 1 heterocycles. The summed E-state index contributed by atoms with van der Waals surface area (Å²) in [5, 5.41) is 0.0945. The molecule has 1 aliphatic carbocycles. The van der Waals surface area contributed by atoms with Gasteiger partial charge in [0.05, 0.1) is 19.2 Å². The highest BCUT2D eigenvalue weighted by molar-refractivity contribution is 6.74. The molecule has 2 aliphatic rings. The van der Waals surface area contributed by atoms with Crippen LogP contribution in [-0.2, 0) is 14.0 Å². The van der Waals surface area contributed by atoms with E-state index < -0.39 is 20.0 Å². The first-order valence-electron chi connectivity index (χ1n) is 9.60. The van der Waals surface area contributed by atoms with Crippen LogP contribution in [0.2, 0.25) is 18.1 Å². The van der Waals surface area contributed by atoms with Gasteiger partial charge in [-0.05, 0) is 63.2 Å². The lowest BCUT2D eigenvalue weighted by molar-refractivity contribution is -0.118. The minimum atomic E-state index is -1.94. The smallest absolute Gasteiger partial charge is 0.411 e. The zero-order chi connectivity index (χ0) is 19.9. The summed E-state index contributed by atoms with van der Waals surface area (Å²) in [5.74, 6) is 0.417. The molecule has 0 unspecified atom stereocenters. The molecular formula is C20H35NO4Si. The Kier molecular flexibility index (Phi) is 5.79. The Bertz CT molecular complexity index is 594. The molecule has 0 saturated heterocycles. The molecular weight excluding hydrogens is 346 g/mol. The fourth-order valence-corrected chi connectivity index (χ4v) is 3.70. The minimum Gasteiger partial charge on any atom is -0.444 e. The molecule has 1 amide bonds. The van der Waals surface area contributed by atoms with Gasteiger partial charge in [-0.3, -0.25) is 9.69 Å². The number of carbonyl (C=O) groups is 2. The Hall–Kier alpha value is -1.14. The number of amides is 1. The van der Waals surface area contributed by atoms with Crippen molar-refractivity contribution >= 4 is 20.2 Å². The van der Waals surface area contributed by atoms with Gasteiger partial charge < -0.3 is 9.16 Å². The predicted molar refractivity (Wildman–Crippen MR) is 106 cm³/mol. The third-order valence-electron chi connectivity index (χ3n) is 5.47. The number of hydrogen-bond donors (Lipinski definition) is 0. The quantitative estimate of drug-likeness (QED) is 0.671. The Morgan fingerprint density at radius 3 is 2.23 bits per heavy atom. The minimum absolute atomic E-state index is 0.0435. The molecule has 0 spiro atoms. The van der Waals surface area contributed by atoms with E-state index in [-0.39, 0.29) is 23.4 Å². The molecule has 26 heavy (non-hydrogen) atoms. The van der Waals surface area contributed by atoms with Gasteiger partial charge in [0.25, 0.3) is 0 Å². The van der Waals surface area contributed by atoms with E-state index in [4.69, 9.17) is 9.16 Å². The number of Topliss-reactive ketones (excluding diaryl/α,β-unsaturated/α-hetero) is 1. The highest BCUT2D eigenvalue weighted by atomic mass is 28.4. The maximum absolute atomic E-state index is 12.7. The topological polar surface area (TPSA) is 55.8 Å². The predicted octanol–water partition coefficient (Wildman–Crippen LogP) is 4.53. The summed E-state index contributed by atoms with van der Waals surface area (Å²) in [6, 6.07) is -0.243. The number of rotatable bonds is 4. The normalized spacial score (nSPS) is 22.3. The largest absolute Gasteiger partial charge is 0.444 e. The van der Waals surface area contributed by atoms with Crippen molar-refractivity contribution in [3.05, 3.63) is 11.6 Å². The molecule has 0 aromatic heterocycles. The van der Waals surface area contributed by atoms with Crippen LogP contribution in [0.25, 0.3) is 0 Å². The molecule has 5 nitrogen and oxygen atoms in total. The summed E-state index contributed by atoms with van der Waals surface area (Å²) >= 11 is 0. The Labute approximate surface area is 159 Å². The fraction of sp³-hybridized carbons (Fsp3) is 0.800. The Morgan fingerprint density at radius 2 is 1.77 bits per heavy atom. The molecule has 2 rings (SSSR count). The number of ether oxygens (including phenoxy) is 1. The molecule has 0 aromatic carbocycles. The Balaban J connectivity index is 2.20. The van der Waals surface area contributed by atoms with Crippen LogP contribution in [-0.4, -0.2) is 49.9 Å². The van der Waals surface area contributed by atoms with Crippen molar-refractivity contribution in [3.8, 4) is 0 Å². The first-order chi connectivity index (χ1) is 11.7. The lowest BCUT2D eigenvalue weighted by atomic mass is 9.98. The summed E-state index contributed by atoms with van der Waals surface area (Å²) in [5.41, 5.74) is 0.291. The molecule has 0 aromatic rings. The van der Waals surface area contributed by atoms with Crippen molar-refractivity contribution < 1.29 is 18.8 Å². The molecule has 1 atom stereocenters. The Morgan fingerprint density at radius 1 is 1.19 bits per heavy atom. The second-order valence-electron chi connectivity index (χ2n) is 10.1. The van der Waals surface area contributed by atoms with Gasteiger partial charge in [-0.25, -0.2) is 4.79 Å². The third-order valence-corrected chi connectivity index (χ3v) is 9.98. The van der Waals surface area contributed by atoms with Crippen molar-refractivity contribution in [3.63, 3.8) is 0 Å². The molecule has 1 fully saturated rings.